The maximum Gasteiger partial charge on any atom is 0.239 e. The first-order valence-corrected chi connectivity index (χ1v) is 10.5. The average molecular weight is 398 g/mol. The van der Waals surface area contributed by atoms with E-state index in [1.54, 1.807) is 40.9 Å². The van der Waals surface area contributed by atoms with E-state index in [-0.39, 0.29) is 6.04 Å². The molecule has 3 heterocycles. The van der Waals surface area contributed by atoms with Crippen molar-refractivity contribution in [2.75, 3.05) is 42.9 Å². The van der Waals surface area contributed by atoms with E-state index in [1.807, 2.05) is 18.6 Å². The molecule has 8 nitrogen and oxygen atoms in total. The van der Waals surface area contributed by atoms with E-state index in [0.717, 1.165) is 23.4 Å². The molecule has 1 fully saturated rings. The van der Waals surface area contributed by atoms with Gasteiger partial charge in [0.2, 0.25) is 5.95 Å². The quantitative estimate of drug-likeness (QED) is 0.703. The van der Waals surface area contributed by atoms with Crippen LogP contribution in [0.4, 0.5) is 11.6 Å². The monoisotopic (exact) mass is 397 g/mol. The Morgan fingerprint density at radius 1 is 1.29 bits per heavy atom. The summed E-state index contributed by atoms with van der Waals surface area (Å²) in [5.74, 6) is 1.58. The minimum Gasteiger partial charge on any atom is -0.383 e. The largest absolute Gasteiger partial charge is 0.383 e. The van der Waals surface area contributed by atoms with Gasteiger partial charge in [-0.1, -0.05) is 0 Å². The molecule has 0 radical (unpaired) electrons. The molecule has 0 aliphatic carbocycles. The topological polar surface area (TPSA) is 106 Å². The highest BCUT2D eigenvalue weighted by Gasteiger charge is 2.22. The maximum absolute atomic E-state index is 9.13. The molecular weight excluding hydrogens is 374 g/mol. The number of anilines is 2. The number of aromatic nitrogens is 4. The lowest BCUT2D eigenvalue weighted by Crippen LogP contribution is -2.44. The van der Waals surface area contributed by atoms with Gasteiger partial charge < -0.3 is 15.4 Å². The minimum atomic E-state index is 0.209. The second-order valence-electron chi connectivity index (χ2n) is 6.41. The van der Waals surface area contributed by atoms with Crippen LogP contribution in [-0.4, -0.2) is 57.8 Å². The molecule has 0 amide bonds. The van der Waals surface area contributed by atoms with Crippen LogP contribution in [0.1, 0.15) is 12.5 Å². The van der Waals surface area contributed by atoms with Crippen molar-refractivity contribution in [3.63, 3.8) is 0 Å². The Morgan fingerprint density at radius 3 is 2.79 bits per heavy atom. The van der Waals surface area contributed by atoms with E-state index >= 15 is 0 Å². The molecule has 1 aromatic carbocycles. The molecule has 1 atom stereocenters. The molecule has 1 unspecified atom stereocenters. The summed E-state index contributed by atoms with van der Waals surface area (Å²) in [7, 11) is 0. The van der Waals surface area contributed by atoms with Gasteiger partial charge >= 0.3 is 0 Å². The molecule has 1 saturated heterocycles. The summed E-state index contributed by atoms with van der Waals surface area (Å²) in [6, 6.07) is 9.43. The zero-order valence-electron chi connectivity index (χ0n) is 16.2. The van der Waals surface area contributed by atoms with Gasteiger partial charge in [-0.25, -0.2) is 4.98 Å². The summed E-state index contributed by atoms with van der Waals surface area (Å²) in [6.07, 6.45) is 5.73. The van der Waals surface area contributed by atoms with Gasteiger partial charge in [-0.2, -0.15) is 27.0 Å². The highest BCUT2D eigenvalue weighted by atomic mass is 32.2. The SMILES string of the molecule is CC1COCCN1c1cc(N)nc(-n2cnc3ccc(C#N)cc32)n1.CSC. The fourth-order valence-electron chi connectivity index (χ4n) is 3.00. The standard InChI is InChI=1S/C17H17N7O.C2H6S/c1-11-9-25-5-4-23(11)16-7-15(19)21-17(22-16)24-10-20-13-3-2-12(8-18)6-14(13)24;1-3-2/h2-3,6-7,10-11H,4-5,9H2,1H3,(H2,19,21,22);1-2H3. The Morgan fingerprint density at radius 2 is 2.07 bits per heavy atom. The zero-order valence-corrected chi connectivity index (χ0v) is 17.0. The number of hydrogen-bond acceptors (Lipinski definition) is 8. The predicted molar refractivity (Wildman–Crippen MR) is 113 cm³/mol. The molecule has 3 aromatic rings. The number of nitrogens with zero attached hydrogens (tertiary/aromatic N) is 6. The first-order chi connectivity index (χ1) is 13.6. The molecule has 0 saturated carbocycles. The number of nitrogens with two attached hydrogens (primary N) is 1. The van der Waals surface area contributed by atoms with E-state index in [1.165, 1.54) is 0 Å². The van der Waals surface area contributed by atoms with Crippen LogP contribution in [0.5, 0.6) is 0 Å². The average Bonchev–Trinajstić information content (AvgIpc) is 3.11. The third-order valence-corrected chi connectivity index (χ3v) is 4.27. The second kappa shape index (κ2) is 8.91. The number of ether oxygens (including phenoxy) is 1. The van der Waals surface area contributed by atoms with E-state index < -0.39 is 0 Å². The third kappa shape index (κ3) is 4.18. The molecule has 9 heteroatoms. The van der Waals surface area contributed by atoms with Crippen LogP contribution in [-0.2, 0) is 4.74 Å². The number of morpholine rings is 1. The van der Waals surface area contributed by atoms with Gasteiger partial charge in [-0.3, -0.25) is 4.57 Å². The van der Waals surface area contributed by atoms with Gasteiger partial charge in [-0.05, 0) is 37.6 Å². The fraction of sp³-hybridized carbons (Fsp3) is 0.368. The van der Waals surface area contributed by atoms with Crippen LogP contribution >= 0.6 is 11.8 Å². The predicted octanol–water partition coefficient (Wildman–Crippen LogP) is 2.47. The number of hydrogen-bond donors (Lipinski definition) is 1. The number of imidazole rings is 1. The summed E-state index contributed by atoms with van der Waals surface area (Å²) in [5.41, 5.74) is 8.12. The second-order valence-corrected chi connectivity index (χ2v) is 7.22. The van der Waals surface area contributed by atoms with Crippen LogP contribution in [0.15, 0.2) is 30.6 Å². The molecule has 146 valence electrons. The van der Waals surface area contributed by atoms with Gasteiger partial charge in [0.15, 0.2) is 0 Å². The van der Waals surface area contributed by atoms with Crippen molar-refractivity contribution < 1.29 is 4.74 Å². The molecule has 4 rings (SSSR count). The Hall–Kier alpha value is -2.83. The first kappa shape index (κ1) is 19.9. The number of fused-ring (bicyclic) bond motifs is 1. The van der Waals surface area contributed by atoms with Crippen molar-refractivity contribution in [2.24, 2.45) is 0 Å². The first-order valence-electron chi connectivity index (χ1n) is 8.84. The number of benzene rings is 1. The lowest BCUT2D eigenvalue weighted by atomic mass is 10.2. The lowest BCUT2D eigenvalue weighted by Gasteiger charge is -2.34. The summed E-state index contributed by atoms with van der Waals surface area (Å²) in [4.78, 5) is 15.5. The fourth-order valence-corrected chi connectivity index (χ4v) is 3.00. The Balaban J connectivity index is 0.000000706. The third-order valence-electron chi connectivity index (χ3n) is 4.27. The van der Waals surface area contributed by atoms with Crippen LogP contribution in [0.25, 0.3) is 17.0 Å². The van der Waals surface area contributed by atoms with Gasteiger partial charge in [0.25, 0.3) is 0 Å². The molecule has 1 aliphatic heterocycles. The van der Waals surface area contributed by atoms with Crippen molar-refractivity contribution in [2.45, 2.75) is 13.0 Å². The van der Waals surface area contributed by atoms with Crippen molar-refractivity contribution in [1.82, 2.24) is 19.5 Å². The van der Waals surface area contributed by atoms with E-state index in [2.05, 4.69) is 32.8 Å². The normalized spacial score (nSPS) is 16.4. The van der Waals surface area contributed by atoms with Gasteiger partial charge in [-0.15, -0.1) is 0 Å². The van der Waals surface area contributed by atoms with Crippen molar-refractivity contribution in [1.29, 1.82) is 5.26 Å². The zero-order chi connectivity index (χ0) is 20.1. The summed E-state index contributed by atoms with van der Waals surface area (Å²) < 4.78 is 7.24. The Kier molecular flexibility index (Phi) is 6.34. The van der Waals surface area contributed by atoms with E-state index in [9.17, 15) is 0 Å². The highest BCUT2D eigenvalue weighted by molar-refractivity contribution is 7.97. The van der Waals surface area contributed by atoms with Crippen molar-refractivity contribution >= 4 is 34.4 Å². The number of thioether (sulfide) groups is 1. The smallest absolute Gasteiger partial charge is 0.239 e. The van der Waals surface area contributed by atoms with Crippen LogP contribution in [0.2, 0.25) is 0 Å². The molecule has 2 aromatic heterocycles. The Bertz CT molecular complexity index is 998. The molecule has 0 bridgehead atoms. The molecule has 2 N–H and O–H groups in total. The van der Waals surface area contributed by atoms with Crippen LogP contribution in [0.3, 0.4) is 0 Å². The van der Waals surface area contributed by atoms with E-state index in [0.29, 0.717) is 30.5 Å². The van der Waals surface area contributed by atoms with Gasteiger partial charge in [0.05, 0.1) is 41.9 Å². The van der Waals surface area contributed by atoms with Crippen molar-refractivity contribution in [3.8, 4) is 12.0 Å². The maximum atomic E-state index is 9.13. The minimum absolute atomic E-state index is 0.209. The number of nitrogen functional groups attached to an aromatic ring is 1. The summed E-state index contributed by atoms with van der Waals surface area (Å²) in [6.45, 7) is 4.14. The number of rotatable bonds is 2. The van der Waals surface area contributed by atoms with Crippen molar-refractivity contribution in [3.05, 3.63) is 36.2 Å². The number of nitriles is 1. The summed E-state index contributed by atoms with van der Waals surface area (Å²) >= 11 is 1.75. The molecular formula is C19H23N7OS. The van der Waals surface area contributed by atoms with Crippen LogP contribution < -0.4 is 10.6 Å². The van der Waals surface area contributed by atoms with Gasteiger partial charge in [0.1, 0.15) is 18.0 Å². The lowest BCUT2D eigenvalue weighted by molar-refractivity contribution is 0.0985. The van der Waals surface area contributed by atoms with Gasteiger partial charge in [0, 0.05) is 12.6 Å². The molecule has 1 aliphatic rings. The summed E-state index contributed by atoms with van der Waals surface area (Å²) in [5, 5.41) is 9.13. The van der Waals surface area contributed by atoms with Crippen LogP contribution in [0, 0.1) is 11.3 Å². The molecule has 0 spiro atoms. The van der Waals surface area contributed by atoms with E-state index in [4.69, 9.17) is 15.7 Å². The molecule has 28 heavy (non-hydrogen) atoms. The highest BCUT2D eigenvalue weighted by Crippen LogP contribution is 2.23. The Labute approximate surface area is 168 Å².